The molecule has 1 rings (SSSR count). The molecule has 0 aromatic rings. The third-order valence-electron chi connectivity index (χ3n) is 9.05. The van der Waals surface area contributed by atoms with Crippen molar-refractivity contribution >= 4 is 11.9 Å². The summed E-state index contributed by atoms with van der Waals surface area (Å²) in [4.78, 5) is 24.4. The molecule has 1 aliphatic rings. The molecule has 0 bridgehead atoms. The van der Waals surface area contributed by atoms with Gasteiger partial charge in [0.1, 0.15) is 88.6 Å². The van der Waals surface area contributed by atoms with E-state index in [4.69, 9.17) is 42.6 Å². The van der Waals surface area contributed by atoms with Crippen molar-refractivity contribution in [1.29, 1.82) is 0 Å². The number of rotatable bonds is 36. The molecule has 0 saturated carbocycles. The van der Waals surface area contributed by atoms with E-state index in [1.165, 1.54) is 0 Å². The first-order valence-electron chi connectivity index (χ1n) is 20.2. The first-order valence-corrected chi connectivity index (χ1v) is 20.2. The first kappa shape index (κ1) is 56.7. The van der Waals surface area contributed by atoms with Crippen molar-refractivity contribution in [3.05, 3.63) is 25.3 Å². The number of hydrogen-bond donors (Lipinski definition) is 12. The van der Waals surface area contributed by atoms with Gasteiger partial charge in [-0.3, -0.25) is 0 Å². The van der Waals surface area contributed by atoms with Gasteiger partial charge in [0.05, 0.1) is 98.6 Å². The standard InChI is InChI=1S/C38H70N2O21/c1-3-35(51)56-20-30(48)19-55-33(24-54-18-29(47)14-39(5-9-41)6-10-42)23-53-17-28(46)13-38(61-22-31(49)21-57-36(52)4-2)26-59-32(16-45)25-58-37(60-27-38)34(50)15-40(7-11-43)8-12-44/h3-4,28-34,37,41-50H,1-2,5-27H2/p+2. The van der Waals surface area contributed by atoms with E-state index in [2.05, 4.69) is 13.2 Å². The van der Waals surface area contributed by atoms with Crippen LogP contribution in [0.4, 0.5) is 0 Å². The molecular weight excluding hydrogens is 820 g/mol. The SMILES string of the molecule is C=CC(=O)OCC(O)COC(COCC(O)C[NH+](CCO)CCO)COCC(O)CC1(OCC(O)COC(=O)C=C)COC(CO)COC(C(O)C[NH+](CCO)CCO)OC1. The Labute approximate surface area is 356 Å². The molecule has 0 radical (unpaired) electrons. The van der Waals surface area contributed by atoms with Gasteiger partial charge in [-0.05, 0) is 0 Å². The number of quaternary nitrogens is 2. The highest BCUT2D eigenvalue weighted by Crippen LogP contribution is 2.25. The van der Waals surface area contributed by atoms with Crippen molar-refractivity contribution in [3.63, 3.8) is 0 Å². The molecular formula is C38H72N2O21+2. The summed E-state index contributed by atoms with van der Waals surface area (Å²) in [5.41, 5.74) is -1.61. The molecule has 1 aliphatic heterocycles. The van der Waals surface area contributed by atoms with Crippen molar-refractivity contribution in [3.8, 4) is 0 Å². The van der Waals surface area contributed by atoms with Gasteiger partial charge in [-0.2, -0.15) is 0 Å². The van der Waals surface area contributed by atoms with Gasteiger partial charge in [0, 0.05) is 18.6 Å². The van der Waals surface area contributed by atoms with Crippen LogP contribution in [-0.4, -0.2) is 263 Å². The Kier molecular flexibility index (Phi) is 31.7. The van der Waals surface area contributed by atoms with Crippen LogP contribution in [0.5, 0.6) is 0 Å². The maximum atomic E-state index is 11.6. The van der Waals surface area contributed by atoms with Crippen molar-refractivity contribution in [1.82, 2.24) is 0 Å². The van der Waals surface area contributed by atoms with Crippen LogP contribution in [0.3, 0.4) is 0 Å². The van der Waals surface area contributed by atoms with Crippen molar-refractivity contribution < 1.29 is 113 Å². The fraction of sp³-hybridized carbons (Fsp3) is 0.842. The molecule has 23 nitrogen and oxygen atoms in total. The highest BCUT2D eigenvalue weighted by molar-refractivity contribution is 5.81. The second-order valence-corrected chi connectivity index (χ2v) is 14.5. The first-order chi connectivity index (χ1) is 29.3. The number of nitrogens with one attached hydrogen (secondary N) is 2. The Morgan fingerprint density at radius 2 is 1.15 bits per heavy atom. The van der Waals surface area contributed by atoms with Crippen LogP contribution in [0.2, 0.25) is 0 Å². The van der Waals surface area contributed by atoms with Gasteiger partial charge < -0.3 is 103 Å². The smallest absolute Gasteiger partial charge is 0.330 e. The van der Waals surface area contributed by atoms with Gasteiger partial charge >= 0.3 is 11.9 Å². The number of ether oxygens (including phenoxy) is 9. The summed E-state index contributed by atoms with van der Waals surface area (Å²) < 4.78 is 50.8. The topological polar surface area (TPSA) is 328 Å². The van der Waals surface area contributed by atoms with Gasteiger partial charge in [0.15, 0.2) is 12.4 Å². The van der Waals surface area contributed by atoms with Crippen LogP contribution < -0.4 is 9.80 Å². The molecule has 0 aromatic carbocycles. The van der Waals surface area contributed by atoms with Crippen molar-refractivity contribution in [2.45, 2.75) is 61.0 Å². The zero-order valence-electron chi connectivity index (χ0n) is 34.9. The van der Waals surface area contributed by atoms with Crippen LogP contribution >= 0.6 is 0 Å². The molecule has 61 heavy (non-hydrogen) atoms. The maximum Gasteiger partial charge on any atom is 0.330 e. The van der Waals surface area contributed by atoms with Crippen molar-refractivity contribution in [2.24, 2.45) is 0 Å². The Morgan fingerprint density at radius 3 is 1.67 bits per heavy atom. The highest BCUT2D eigenvalue weighted by atomic mass is 16.7. The second kappa shape index (κ2) is 34.1. The van der Waals surface area contributed by atoms with Gasteiger partial charge in [0.25, 0.3) is 0 Å². The van der Waals surface area contributed by atoms with E-state index in [0.29, 0.717) is 18.0 Å². The lowest BCUT2D eigenvalue weighted by Gasteiger charge is -2.36. The second-order valence-electron chi connectivity index (χ2n) is 14.5. The highest BCUT2D eigenvalue weighted by Gasteiger charge is 2.40. The maximum absolute atomic E-state index is 11.6. The van der Waals surface area contributed by atoms with E-state index in [1.807, 2.05) is 0 Å². The molecule has 0 amide bonds. The molecule has 12 N–H and O–H groups in total. The van der Waals surface area contributed by atoms with E-state index in [-0.39, 0.29) is 105 Å². The summed E-state index contributed by atoms with van der Waals surface area (Å²) in [5, 5.41) is 101. The minimum atomic E-state index is -1.61. The normalized spacial score (nSPS) is 21.7. The summed E-state index contributed by atoms with van der Waals surface area (Å²) in [7, 11) is 0. The molecule has 1 fully saturated rings. The van der Waals surface area contributed by atoms with Gasteiger partial charge in [0.2, 0.25) is 0 Å². The molecule has 0 aliphatic carbocycles. The fourth-order valence-electron chi connectivity index (χ4n) is 5.90. The minimum Gasteiger partial charge on any atom is -0.460 e. The minimum absolute atomic E-state index is 0.00995. The molecule has 1 saturated heterocycles. The Balaban J connectivity index is 3.18. The summed E-state index contributed by atoms with van der Waals surface area (Å²) in [5.74, 6) is -1.53. The van der Waals surface area contributed by atoms with Crippen LogP contribution in [0.1, 0.15) is 6.42 Å². The number of carbonyl (C=O) groups excluding carboxylic acids is 2. The largest absolute Gasteiger partial charge is 0.460 e. The van der Waals surface area contributed by atoms with Gasteiger partial charge in [-0.25, -0.2) is 9.59 Å². The lowest BCUT2D eigenvalue weighted by molar-refractivity contribution is -0.904. The van der Waals surface area contributed by atoms with E-state index in [1.54, 1.807) is 0 Å². The molecule has 0 spiro atoms. The average molecular weight is 893 g/mol. The lowest BCUT2D eigenvalue weighted by Crippen LogP contribution is -3.14. The average Bonchev–Trinajstić information content (AvgIpc) is 3.32. The molecule has 23 heteroatoms. The van der Waals surface area contributed by atoms with Crippen LogP contribution in [0.25, 0.3) is 0 Å². The number of aliphatic hydroxyl groups excluding tert-OH is 10. The predicted molar refractivity (Wildman–Crippen MR) is 209 cm³/mol. The number of esters is 2. The third kappa shape index (κ3) is 26.1. The summed E-state index contributed by atoms with van der Waals surface area (Å²) >= 11 is 0. The summed E-state index contributed by atoms with van der Waals surface area (Å²) in [6, 6.07) is 0. The number of carbonyl (C=O) groups is 2. The molecule has 9 unspecified atom stereocenters. The van der Waals surface area contributed by atoms with Crippen molar-refractivity contribution in [2.75, 3.05) is 145 Å². The van der Waals surface area contributed by atoms with Gasteiger partial charge in [-0.1, -0.05) is 13.2 Å². The number of hydrogen-bond acceptors (Lipinski definition) is 21. The Morgan fingerprint density at radius 1 is 0.639 bits per heavy atom. The van der Waals surface area contributed by atoms with Crippen LogP contribution in [0.15, 0.2) is 25.3 Å². The Hall–Kier alpha value is -2.34. The fourth-order valence-corrected chi connectivity index (χ4v) is 5.90. The van der Waals surface area contributed by atoms with E-state index >= 15 is 0 Å². The summed E-state index contributed by atoms with van der Waals surface area (Å²) in [6.45, 7) is 3.03. The monoisotopic (exact) mass is 892 g/mol. The Bertz CT molecular complexity index is 1150. The van der Waals surface area contributed by atoms with E-state index in [9.17, 15) is 60.7 Å². The molecule has 0 aromatic heterocycles. The predicted octanol–water partition coefficient (Wildman–Crippen LogP) is -8.70. The number of aliphatic hydroxyl groups is 10. The summed E-state index contributed by atoms with van der Waals surface area (Å²) in [6.07, 6.45) is -7.84. The van der Waals surface area contributed by atoms with Gasteiger partial charge in [-0.15, -0.1) is 0 Å². The zero-order chi connectivity index (χ0) is 45.5. The lowest BCUT2D eigenvalue weighted by atomic mass is 9.97. The van der Waals surface area contributed by atoms with Crippen LogP contribution in [-0.2, 0) is 52.2 Å². The molecule has 9 atom stereocenters. The van der Waals surface area contributed by atoms with Crippen LogP contribution in [0, 0.1) is 0 Å². The zero-order valence-corrected chi connectivity index (χ0v) is 34.9. The van der Waals surface area contributed by atoms with E-state index in [0.717, 1.165) is 17.1 Å². The quantitative estimate of drug-likeness (QED) is 0.0205. The molecule has 358 valence electrons. The van der Waals surface area contributed by atoms with E-state index < -0.39 is 99.6 Å². The third-order valence-corrected chi connectivity index (χ3v) is 9.05. The molecule has 1 heterocycles.